The molecule has 1 saturated carbocycles. The maximum Gasteiger partial charge on any atom is 0.218 e. The number of methoxy groups -OCH3 is 1. The second kappa shape index (κ2) is 5.98. The van der Waals surface area contributed by atoms with Gasteiger partial charge in [0, 0.05) is 44.4 Å². The number of hydrogen-bond donors (Lipinski definition) is 0. The third-order valence-electron chi connectivity index (χ3n) is 4.37. The molecule has 0 bridgehead atoms. The first-order valence-corrected chi connectivity index (χ1v) is 8.02. The Hall–Kier alpha value is -2.44. The summed E-state index contributed by atoms with van der Waals surface area (Å²) in [5.74, 6) is 4.15. The summed E-state index contributed by atoms with van der Waals surface area (Å²) in [4.78, 5) is 22.1. The van der Waals surface area contributed by atoms with Crippen LogP contribution in [0.25, 0.3) is 0 Å². The van der Waals surface area contributed by atoms with Crippen molar-refractivity contribution in [3.8, 4) is 5.88 Å². The largest absolute Gasteiger partial charge is 0.481 e. The monoisotopic (exact) mass is 312 g/mol. The van der Waals surface area contributed by atoms with Crippen molar-refractivity contribution in [2.45, 2.75) is 18.8 Å². The molecule has 0 amide bonds. The first-order valence-electron chi connectivity index (χ1n) is 8.02. The summed E-state index contributed by atoms with van der Waals surface area (Å²) in [6.45, 7) is 3.66. The minimum atomic E-state index is 0.588. The minimum Gasteiger partial charge on any atom is -0.481 e. The molecule has 23 heavy (non-hydrogen) atoms. The Bertz CT molecular complexity index is 682. The van der Waals surface area contributed by atoms with Crippen molar-refractivity contribution in [2.24, 2.45) is 0 Å². The number of ether oxygens (including phenoxy) is 1. The Balaban J connectivity index is 1.43. The van der Waals surface area contributed by atoms with E-state index in [9.17, 15) is 0 Å². The lowest BCUT2D eigenvalue weighted by atomic mass is 10.3. The molecule has 1 saturated heterocycles. The van der Waals surface area contributed by atoms with Crippen LogP contribution in [0.15, 0.2) is 24.7 Å². The lowest BCUT2D eigenvalue weighted by Gasteiger charge is -2.36. The molecule has 2 fully saturated rings. The van der Waals surface area contributed by atoms with E-state index in [4.69, 9.17) is 9.72 Å². The molecule has 0 atom stereocenters. The topological polar surface area (TPSA) is 67.3 Å². The highest BCUT2D eigenvalue weighted by atomic mass is 16.5. The lowest BCUT2D eigenvalue weighted by Crippen LogP contribution is -2.47. The molecule has 2 aromatic heterocycles. The normalized spacial score (nSPS) is 18.1. The van der Waals surface area contributed by atoms with Crippen LogP contribution in [0.2, 0.25) is 0 Å². The van der Waals surface area contributed by atoms with E-state index in [0.717, 1.165) is 43.6 Å². The maximum atomic E-state index is 5.17. The molecule has 2 aromatic rings. The zero-order valence-electron chi connectivity index (χ0n) is 13.2. The van der Waals surface area contributed by atoms with Crippen molar-refractivity contribution in [3.05, 3.63) is 30.5 Å². The van der Waals surface area contributed by atoms with Crippen LogP contribution in [0.3, 0.4) is 0 Å². The molecule has 1 aliphatic heterocycles. The Kier molecular flexibility index (Phi) is 3.69. The van der Waals surface area contributed by atoms with Crippen molar-refractivity contribution < 1.29 is 4.74 Å². The van der Waals surface area contributed by atoms with E-state index < -0.39 is 0 Å². The molecule has 0 radical (unpaired) electrons. The molecule has 2 aliphatic rings. The SMILES string of the molecule is COc1cc(N2CCN(c3ccnc(C4CC4)n3)CC2)ncn1. The summed E-state index contributed by atoms with van der Waals surface area (Å²) in [6, 6.07) is 3.89. The first-order chi connectivity index (χ1) is 11.3. The van der Waals surface area contributed by atoms with Crippen LogP contribution in [0.1, 0.15) is 24.6 Å². The zero-order chi connectivity index (χ0) is 15.6. The molecular formula is C16H20N6O. The number of anilines is 2. The number of piperazine rings is 1. The molecule has 1 aliphatic carbocycles. The van der Waals surface area contributed by atoms with Gasteiger partial charge in [0.2, 0.25) is 5.88 Å². The molecule has 0 spiro atoms. The molecule has 0 N–H and O–H groups in total. The standard InChI is InChI=1S/C16H20N6O/c1-23-15-10-14(18-11-19-15)22-8-6-21(7-9-22)13-4-5-17-16(20-13)12-2-3-12/h4-5,10-12H,2-3,6-9H2,1H3. The van der Waals surface area contributed by atoms with Crippen molar-refractivity contribution >= 4 is 11.6 Å². The van der Waals surface area contributed by atoms with Gasteiger partial charge < -0.3 is 14.5 Å². The third-order valence-corrected chi connectivity index (χ3v) is 4.37. The summed E-state index contributed by atoms with van der Waals surface area (Å²) in [7, 11) is 1.62. The van der Waals surface area contributed by atoms with E-state index in [-0.39, 0.29) is 0 Å². The van der Waals surface area contributed by atoms with Crippen molar-refractivity contribution in [1.82, 2.24) is 19.9 Å². The molecule has 3 heterocycles. The van der Waals surface area contributed by atoms with Gasteiger partial charge in [-0.25, -0.2) is 19.9 Å². The molecule has 7 heteroatoms. The van der Waals surface area contributed by atoms with Gasteiger partial charge in [0.25, 0.3) is 0 Å². The molecule has 120 valence electrons. The highest BCUT2D eigenvalue weighted by molar-refractivity contribution is 5.45. The van der Waals surface area contributed by atoms with Gasteiger partial charge in [-0.2, -0.15) is 0 Å². The van der Waals surface area contributed by atoms with Crippen LogP contribution < -0.4 is 14.5 Å². The Morgan fingerprint density at radius 3 is 2.43 bits per heavy atom. The summed E-state index contributed by atoms with van der Waals surface area (Å²) >= 11 is 0. The fourth-order valence-electron chi connectivity index (χ4n) is 2.86. The van der Waals surface area contributed by atoms with Gasteiger partial charge in [-0.3, -0.25) is 0 Å². The van der Waals surface area contributed by atoms with E-state index in [1.54, 1.807) is 13.4 Å². The van der Waals surface area contributed by atoms with Crippen molar-refractivity contribution in [3.63, 3.8) is 0 Å². The second-order valence-electron chi connectivity index (χ2n) is 5.94. The molecule has 7 nitrogen and oxygen atoms in total. The number of rotatable bonds is 4. The van der Waals surface area contributed by atoms with Crippen molar-refractivity contribution in [1.29, 1.82) is 0 Å². The molecule has 0 unspecified atom stereocenters. The molecule has 4 rings (SSSR count). The molecular weight excluding hydrogens is 292 g/mol. The van der Waals surface area contributed by atoms with Crippen LogP contribution in [0.4, 0.5) is 11.6 Å². The van der Waals surface area contributed by atoms with Crippen LogP contribution >= 0.6 is 0 Å². The van der Waals surface area contributed by atoms with Crippen molar-refractivity contribution in [2.75, 3.05) is 43.1 Å². The summed E-state index contributed by atoms with van der Waals surface area (Å²) in [5, 5.41) is 0. The summed E-state index contributed by atoms with van der Waals surface area (Å²) in [5.41, 5.74) is 0. The van der Waals surface area contributed by atoms with Gasteiger partial charge in [0.15, 0.2) is 0 Å². The fraction of sp³-hybridized carbons (Fsp3) is 0.500. The average molecular weight is 312 g/mol. The van der Waals surface area contributed by atoms with Gasteiger partial charge in [-0.05, 0) is 18.9 Å². The predicted octanol–water partition coefficient (Wildman–Crippen LogP) is 1.48. The third kappa shape index (κ3) is 3.04. The van der Waals surface area contributed by atoms with Crippen LogP contribution in [0.5, 0.6) is 5.88 Å². The van der Waals surface area contributed by atoms with Crippen LogP contribution in [-0.4, -0.2) is 53.2 Å². The van der Waals surface area contributed by atoms with Gasteiger partial charge in [-0.15, -0.1) is 0 Å². The average Bonchev–Trinajstić information content (AvgIpc) is 3.47. The number of hydrogen-bond acceptors (Lipinski definition) is 7. The summed E-state index contributed by atoms with van der Waals surface area (Å²) < 4.78 is 5.17. The fourth-order valence-corrected chi connectivity index (χ4v) is 2.86. The van der Waals surface area contributed by atoms with Gasteiger partial charge in [-0.1, -0.05) is 0 Å². The van der Waals surface area contributed by atoms with Gasteiger partial charge in [0.05, 0.1) is 7.11 Å². The van der Waals surface area contributed by atoms with Gasteiger partial charge >= 0.3 is 0 Å². The van der Waals surface area contributed by atoms with Crippen LogP contribution in [0, 0.1) is 0 Å². The first kappa shape index (κ1) is 14.2. The van der Waals surface area contributed by atoms with E-state index in [0.29, 0.717) is 11.8 Å². The number of nitrogens with zero attached hydrogens (tertiary/aromatic N) is 6. The van der Waals surface area contributed by atoms with E-state index in [1.165, 1.54) is 12.8 Å². The Morgan fingerprint density at radius 2 is 1.74 bits per heavy atom. The van der Waals surface area contributed by atoms with E-state index >= 15 is 0 Å². The Morgan fingerprint density at radius 1 is 1.00 bits per heavy atom. The van der Waals surface area contributed by atoms with Gasteiger partial charge in [0.1, 0.15) is 23.8 Å². The smallest absolute Gasteiger partial charge is 0.218 e. The van der Waals surface area contributed by atoms with E-state index in [1.807, 2.05) is 18.3 Å². The van der Waals surface area contributed by atoms with E-state index in [2.05, 4.69) is 24.8 Å². The minimum absolute atomic E-state index is 0.588. The second-order valence-corrected chi connectivity index (χ2v) is 5.94. The zero-order valence-corrected chi connectivity index (χ0v) is 13.2. The predicted molar refractivity (Wildman–Crippen MR) is 87.0 cm³/mol. The Labute approximate surface area is 135 Å². The maximum absolute atomic E-state index is 5.17. The summed E-state index contributed by atoms with van der Waals surface area (Å²) in [6.07, 6.45) is 5.89. The molecule has 0 aromatic carbocycles. The highest BCUT2D eigenvalue weighted by Gasteiger charge is 2.27. The lowest BCUT2D eigenvalue weighted by molar-refractivity contribution is 0.396. The number of aromatic nitrogens is 4. The quantitative estimate of drug-likeness (QED) is 0.847. The highest BCUT2D eigenvalue weighted by Crippen LogP contribution is 2.38. The van der Waals surface area contributed by atoms with Crippen LogP contribution in [-0.2, 0) is 0 Å².